The molecule has 0 saturated carbocycles. The van der Waals surface area contributed by atoms with E-state index in [0.717, 1.165) is 12.1 Å². The molecule has 1 saturated heterocycles. The number of carbonyl (C=O) groups excluding carboxylic acids is 2. The Bertz CT molecular complexity index is 1060. The second kappa shape index (κ2) is 8.28. The van der Waals surface area contributed by atoms with E-state index in [9.17, 15) is 22.8 Å². The van der Waals surface area contributed by atoms with Crippen LogP contribution in [0.1, 0.15) is 36.7 Å². The van der Waals surface area contributed by atoms with Crippen molar-refractivity contribution in [1.82, 2.24) is 9.80 Å². The molecule has 176 valence electrons. The fourth-order valence-electron chi connectivity index (χ4n) is 3.95. The number of ether oxygens (including phenoxy) is 2. The summed E-state index contributed by atoms with van der Waals surface area (Å²) in [6, 6.07) is 9.49. The molecule has 0 bridgehead atoms. The first-order valence-electron chi connectivity index (χ1n) is 10.7. The number of halogens is 3. The zero-order chi connectivity index (χ0) is 24.0. The number of hydrogen-bond acceptors (Lipinski definition) is 4. The van der Waals surface area contributed by atoms with E-state index in [0.29, 0.717) is 42.1 Å². The topological polar surface area (TPSA) is 59.1 Å². The molecule has 0 spiro atoms. The predicted octanol–water partition coefficient (Wildman–Crippen LogP) is 4.83. The number of amides is 2. The summed E-state index contributed by atoms with van der Waals surface area (Å²) in [4.78, 5) is 29.0. The van der Waals surface area contributed by atoms with Crippen molar-refractivity contribution >= 4 is 12.0 Å². The van der Waals surface area contributed by atoms with Gasteiger partial charge in [0.25, 0.3) is 5.91 Å². The maximum atomic E-state index is 13.3. The molecule has 2 aliphatic heterocycles. The van der Waals surface area contributed by atoms with Crippen LogP contribution >= 0.6 is 0 Å². The van der Waals surface area contributed by atoms with Gasteiger partial charge in [0.15, 0.2) is 0 Å². The highest BCUT2D eigenvalue weighted by Crippen LogP contribution is 2.34. The Morgan fingerprint density at radius 2 is 1.70 bits per heavy atom. The monoisotopic (exact) mass is 462 g/mol. The number of carbonyl (C=O) groups is 2. The highest BCUT2D eigenvalue weighted by atomic mass is 19.4. The lowest BCUT2D eigenvalue weighted by molar-refractivity contribution is -0.137. The van der Waals surface area contributed by atoms with E-state index in [2.05, 4.69) is 0 Å². The Morgan fingerprint density at radius 3 is 2.33 bits per heavy atom. The summed E-state index contributed by atoms with van der Waals surface area (Å²) in [7, 11) is 0. The first kappa shape index (κ1) is 22.9. The van der Waals surface area contributed by atoms with Crippen LogP contribution in [-0.2, 0) is 10.9 Å². The van der Waals surface area contributed by atoms with Crippen LogP contribution in [0.4, 0.5) is 18.0 Å². The molecule has 1 atom stereocenters. The van der Waals surface area contributed by atoms with Crippen molar-refractivity contribution in [3.05, 3.63) is 53.6 Å². The molecule has 0 aromatic heterocycles. The van der Waals surface area contributed by atoms with Crippen LogP contribution in [0.15, 0.2) is 42.5 Å². The van der Waals surface area contributed by atoms with E-state index in [-0.39, 0.29) is 18.6 Å². The Kier molecular flexibility index (Phi) is 5.76. The van der Waals surface area contributed by atoms with E-state index in [1.165, 1.54) is 12.1 Å². The van der Waals surface area contributed by atoms with Gasteiger partial charge in [-0.1, -0.05) is 18.2 Å². The van der Waals surface area contributed by atoms with Gasteiger partial charge in [-0.3, -0.25) is 4.79 Å². The molecular formula is C24H25F3N2O4. The molecule has 0 radical (unpaired) electrons. The Labute approximate surface area is 189 Å². The molecule has 1 fully saturated rings. The molecule has 2 aliphatic rings. The van der Waals surface area contributed by atoms with Gasteiger partial charge in [0.2, 0.25) is 0 Å². The van der Waals surface area contributed by atoms with Crippen LogP contribution in [0.2, 0.25) is 0 Å². The SMILES string of the molecule is CC(C)(C)OC(=O)N1CCN2C(=O)c3cc(-c4ccc(C(F)(F)F)cc4)ccc3OC[C@@H]2C1. The first-order chi connectivity index (χ1) is 15.4. The lowest BCUT2D eigenvalue weighted by Gasteiger charge is -2.40. The third-order valence-corrected chi connectivity index (χ3v) is 5.58. The highest BCUT2D eigenvalue weighted by Gasteiger charge is 2.38. The molecule has 0 N–H and O–H groups in total. The molecule has 33 heavy (non-hydrogen) atoms. The highest BCUT2D eigenvalue weighted by molar-refractivity contribution is 5.99. The van der Waals surface area contributed by atoms with Crippen molar-refractivity contribution in [3.63, 3.8) is 0 Å². The number of piperazine rings is 1. The van der Waals surface area contributed by atoms with Crippen molar-refractivity contribution in [1.29, 1.82) is 0 Å². The second-order valence-corrected chi connectivity index (χ2v) is 9.18. The molecule has 2 aromatic carbocycles. The summed E-state index contributed by atoms with van der Waals surface area (Å²) in [5, 5.41) is 0. The summed E-state index contributed by atoms with van der Waals surface area (Å²) in [5.41, 5.74) is 0.181. The second-order valence-electron chi connectivity index (χ2n) is 9.18. The van der Waals surface area contributed by atoms with Crippen molar-refractivity contribution < 1.29 is 32.2 Å². The van der Waals surface area contributed by atoms with E-state index < -0.39 is 23.4 Å². The standard InChI is InChI=1S/C24H25F3N2O4/c1-23(2,3)33-22(31)28-10-11-29-18(13-28)14-32-20-9-6-16(12-19(20)21(29)30)15-4-7-17(8-5-15)24(25,26)27/h4-9,12,18H,10-11,13-14H2,1-3H3/t18-/m0/s1. The van der Waals surface area contributed by atoms with Crippen LogP contribution in [-0.4, -0.2) is 59.7 Å². The third-order valence-electron chi connectivity index (χ3n) is 5.58. The van der Waals surface area contributed by atoms with Gasteiger partial charge in [-0.05, 0) is 56.2 Å². The number of fused-ring (bicyclic) bond motifs is 2. The smallest absolute Gasteiger partial charge is 0.416 e. The molecular weight excluding hydrogens is 437 g/mol. The average Bonchev–Trinajstić information content (AvgIpc) is 2.88. The van der Waals surface area contributed by atoms with Crippen LogP contribution in [0, 0.1) is 0 Å². The van der Waals surface area contributed by atoms with Gasteiger partial charge in [-0.2, -0.15) is 13.2 Å². The Balaban J connectivity index is 1.54. The maximum Gasteiger partial charge on any atom is 0.416 e. The fraction of sp³-hybridized carbons (Fsp3) is 0.417. The molecule has 6 nitrogen and oxygen atoms in total. The lowest BCUT2D eigenvalue weighted by Crippen LogP contribution is -2.58. The largest absolute Gasteiger partial charge is 0.491 e. The molecule has 4 rings (SSSR count). The summed E-state index contributed by atoms with van der Waals surface area (Å²) in [5.74, 6) is 0.180. The number of nitrogens with zero attached hydrogens (tertiary/aromatic N) is 2. The summed E-state index contributed by atoms with van der Waals surface area (Å²) < 4.78 is 49.9. The number of rotatable bonds is 1. The van der Waals surface area contributed by atoms with Crippen LogP contribution < -0.4 is 4.74 Å². The third kappa shape index (κ3) is 4.91. The zero-order valence-corrected chi connectivity index (χ0v) is 18.6. The molecule has 2 aromatic rings. The predicted molar refractivity (Wildman–Crippen MR) is 115 cm³/mol. The summed E-state index contributed by atoms with van der Waals surface area (Å²) in [6.45, 7) is 6.57. The number of hydrogen-bond donors (Lipinski definition) is 0. The molecule has 0 aliphatic carbocycles. The molecule has 2 amide bonds. The summed E-state index contributed by atoms with van der Waals surface area (Å²) >= 11 is 0. The number of benzene rings is 2. The van der Waals surface area contributed by atoms with Gasteiger partial charge in [0.05, 0.1) is 17.2 Å². The van der Waals surface area contributed by atoms with Crippen LogP contribution in [0.3, 0.4) is 0 Å². The first-order valence-corrected chi connectivity index (χ1v) is 10.7. The minimum atomic E-state index is -4.41. The minimum Gasteiger partial charge on any atom is -0.491 e. The van der Waals surface area contributed by atoms with Gasteiger partial charge in [0.1, 0.15) is 18.0 Å². The maximum absolute atomic E-state index is 13.3. The van der Waals surface area contributed by atoms with Gasteiger partial charge in [-0.25, -0.2) is 4.79 Å². The van der Waals surface area contributed by atoms with Crippen molar-refractivity contribution in [2.45, 2.75) is 38.6 Å². The van der Waals surface area contributed by atoms with Crippen molar-refractivity contribution in [3.8, 4) is 16.9 Å². The minimum absolute atomic E-state index is 0.220. The molecule has 0 unspecified atom stereocenters. The quantitative estimate of drug-likeness (QED) is 0.610. The fourth-order valence-corrected chi connectivity index (χ4v) is 3.95. The lowest BCUT2D eigenvalue weighted by atomic mass is 10.00. The Hall–Kier alpha value is -3.23. The van der Waals surface area contributed by atoms with E-state index in [1.54, 1.807) is 48.8 Å². The van der Waals surface area contributed by atoms with Gasteiger partial charge >= 0.3 is 12.3 Å². The Morgan fingerprint density at radius 1 is 1.03 bits per heavy atom. The van der Waals surface area contributed by atoms with E-state index >= 15 is 0 Å². The molecule has 9 heteroatoms. The van der Waals surface area contributed by atoms with Crippen molar-refractivity contribution in [2.24, 2.45) is 0 Å². The average molecular weight is 462 g/mol. The van der Waals surface area contributed by atoms with Crippen molar-refractivity contribution in [2.75, 3.05) is 26.2 Å². The normalized spacial score (nSPS) is 18.7. The van der Waals surface area contributed by atoms with Crippen LogP contribution in [0.5, 0.6) is 5.75 Å². The van der Waals surface area contributed by atoms with Crippen LogP contribution in [0.25, 0.3) is 11.1 Å². The summed E-state index contributed by atoms with van der Waals surface area (Å²) in [6.07, 6.45) is -4.84. The van der Waals surface area contributed by atoms with Gasteiger partial charge in [-0.15, -0.1) is 0 Å². The molecule has 2 heterocycles. The zero-order valence-electron chi connectivity index (χ0n) is 18.6. The van der Waals surface area contributed by atoms with E-state index in [4.69, 9.17) is 9.47 Å². The van der Waals surface area contributed by atoms with Gasteiger partial charge in [0, 0.05) is 19.6 Å². The number of alkyl halides is 3. The van der Waals surface area contributed by atoms with Gasteiger partial charge < -0.3 is 19.3 Å². The van der Waals surface area contributed by atoms with E-state index in [1.807, 2.05) is 0 Å².